The summed E-state index contributed by atoms with van der Waals surface area (Å²) in [7, 11) is 3.34. The lowest BCUT2D eigenvalue weighted by Gasteiger charge is -2.31. The predicted molar refractivity (Wildman–Crippen MR) is 76.8 cm³/mol. The van der Waals surface area contributed by atoms with Crippen molar-refractivity contribution in [2.45, 2.75) is 25.3 Å². The number of nitrogens with zero attached hydrogens (tertiary/aromatic N) is 1. The monoisotopic (exact) mass is 264 g/mol. The summed E-state index contributed by atoms with van der Waals surface area (Å²) in [5.41, 5.74) is 7.10. The van der Waals surface area contributed by atoms with Gasteiger partial charge in [0.25, 0.3) is 0 Å². The number of nitrogens with two attached hydrogens (primary N) is 1. The summed E-state index contributed by atoms with van der Waals surface area (Å²) in [5, 5.41) is 0. The van der Waals surface area contributed by atoms with E-state index in [0.717, 1.165) is 36.7 Å². The first-order chi connectivity index (χ1) is 9.06. The highest BCUT2D eigenvalue weighted by atomic mass is 16.5. The van der Waals surface area contributed by atoms with Crippen LogP contribution in [0.4, 0.5) is 0 Å². The highest BCUT2D eigenvalue weighted by molar-refractivity contribution is 5.44. The average molecular weight is 264 g/mol. The quantitative estimate of drug-likeness (QED) is 0.883. The fourth-order valence-electron chi connectivity index (χ4n) is 2.75. The topological polar surface area (TPSA) is 47.7 Å². The Morgan fingerprint density at radius 3 is 2.47 bits per heavy atom. The van der Waals surface area contributed by atoms with Crippen LogP contribution in [-0.4, -0.2) is 38.8 Å². The van der Waals surface area contributed by atoms with E-state index >= 15 is 0 Å². The van der Waals surface area contributed by atoms with Crippen molar-refractivity contribution < 1.29 is 9.47 Å². The van der Waals surface area contributed by atoms with Crippen LogP contribution in [0.3, 0.4) is 0 Å². The minimum Gasteiger partial charge on any atom is -0.497 e. The van der Waals surface area contributed by atoms with Gasteiger partial charge in [-0.3, -0.25) is 0 Å². The first-order valence-corrected chi connectivity index (χ1v) is 6.80. The van der Waals surface area contributed by atoms with Crippen LogP contribution in [0.25, 0.3) is 0 Å². The second-order valence-electron chi connectivity index (χ2n) is 5.47. The molecule has 0 amide bonds. The Kier molecular flexibility index (Phi) is 4.32. The molecule has 0 aromatic heterocycles. The van der Waals surface area contributed by atoms with Crippen molar-refractivity contribution in [3.8, 4) is 11.5 Å². The lowest BCUT2D eigenvalue weighted by Crippen LogP contribution is -2.44. The van der Waals surface area contributed by atoms with E-state index in [1.54, 1.807) is 14.2 Å². The maximum atomic E-state index is 6.54. The Balaban J connectivity index is 2.25. The van der Waals surface area contributed by atoms with E-state index in [2.05, 4.69) is 11.8 Å². The third kappa shape index (κ3) is 3.19. The first kappa shape index (κ1) is 14.2. The maximum absolute atomic E-state index is 6.54. The Morgan fingerprint density at radius 1 is 1.21 bits per heavy atom. The van der Waals surface area contributed by atoms with E-state index in [4.69, 9.17) is 15.2 Å². The van der Waals surface area contributed by atoms with Crippen molar-refractivity contribution in [1.29, 1.82) is 0 Å². The molecule has 0 aliphatic carbocycles. The fourth-order valence-corrected chi connectivity index (χ4v) is 2.75. The van der Waals surface area contributed by atoms with E-state index in [1.165, 1.54) is 12.8 Å². The lowest BCUT2D eigenvalue weighted by atomic mass is 9.91. The van der Waals surface area contributed by atoms with Crippen LogP contribution in [0.5, 0.6) is 11.5 Å². The molecule has 19 heavy (non-hydrogen) atoms. The highest BCUT2D eigenvalue weighted by Crippen LogP contribution is 2.32. The molecule has 4 nitrogen and oxygen atoms in total. The molecule has 4 heteroatoms. The van der Waals surface area contributed by atoms with E-state index in [0.29, 0.717) is 0 Å². The van der Waals surface area contributed by atoms with Gasteiger partial charge in [0, 0.05) is 12.1 Å². The standard InChI is InChI=1S/C15H24N2O2/c1-15(16,11-17-8-4-5-9-17)13-10-12(18-2)6-7-14(13)19-3/h6-7,10H,4-5,8-9,11,16H2,1-3H3. The van der Waals surface area contributed by atoms with Crippen molar-refractivity contribution in [1.82, 2.24) is 4.90 Å². The number of rotatable bonds is 5. The third-order valence-electron chi connectivity index (χ3n) is 3.77. The Hall–Kier alpha value is -1.26. The van der Waals surface area contributed by atoms with Gasteiger partial charge in [-0.05, 0) is 51.1 Å². The molecule has 1 saturated heterocycles. The van der Waals surface area contributed by atoms with Gasteiger partial charge in [0.15, 0.2) is 0 Å². The second kappa shape index (κ2) is 5.80. The van der Waals surface area contributed by atoms with Crippen LogP contribution in [0.1, 0.15) is 25.3 Å². The van der Waals surface area contributed by atoms with Gasteiger partial charge in [-0.15, -0.1) is 0 Å². The van der Waals surface area contributed by atoms with Crippen molar-refractivity contribution >= 4 is 0 Å². The van der Waals surface area contributed by atoms with Crippen LogP contribution in [0.2, 0.25) is 0 Å². The molecular weight excluding hydrogens is 240 g/mol. The molecule has 1 aliphatic rings. The van der Waals surface area contributed by atoms with E-state index < -0.39 is 5.54 Å². The van der Waals surface area contributed by atoms with Gasteiger partial charge >= 0.3 is 0 Å². The summed E-state index contributed by atoms with van der Waals surface area (Å²) in [6, 6.07) is 5.80. The van der Waals surface area contributed by atoms with Gasteiger partial charge in [-0.1, -0.05) is 0 Å². The normalized spacial score (nSPS) is 19.2. The summed E-state index contributed by atoms with van der Waals surface area (Å²) in [4.78, 5) is 2.42. The van der Waals surface area contributed by atoms with Crippen LogP contribution in [0, 0.1) is 0 Å². The fraction of sp³-hybridized carbons (Fsp3) is 0.600. The summed E-state index contributed by atoms with van der Waals surface area (Å²) in [6.45, 7) is 5.18. The van der Waals surface area contributed by atoms with Crippen molar-refractivity contribution in [3.63, 3.8) is 0 Å². The van der Waals surface area contributed by atoms with Crippen LogP contribution in [0.15, 0.2) is 18.2 Å². The lowest BCUT2D eigenvalue weighted by molar-refractivity contribution is 0.255. The van der Waals surface area contributed by atoms with Gasteiger partial charge in [0.1, 0.15) is 11.5 Å². The number of likely N-dealkylation sites (tertiary alicyclic amines) is 1. The van der Waals surface area contributed by atoms with Gasteiger partial charge in [0.2, 0.25) is 0 Å². The molecule has 1 aromatic rings. The molecule has 1 aliphatic heterocycles. The zero-order valence-electron chi connectivity index (χ0n) is 12.1. The summed E-state index contributed by atoms with van der Waals surface area (Å²) in [5.74, 6) is 1.64. The zero-order valence-corrected chi connectivity index (χ0v) is 12.1. The van der Waals surface area contributed by atoms with Crippen molar-refractivity contribution in [2.75, 3.05) is 33.9 Å². The molecule has 0 bridgehead atoms. The second-order valence-corrected chi connectivity index (χ2v) is 5.47. The summed E-state index contributed by atoms with van der Waals surface area (Å²) >= 11 is 0. The largest absolute Gasteiger partial charge is 0.497 e. The Morgan fingerprint density at radius 2 is 1.89 bits per heavy atom. The van der Waals surface area contributed by atoms with E-state index in [-0.39, 0.29) is 0 Å². The minimum atomic E-state index is -0.440. The third-order valence-corrected chi connectivity index (χ3v) is 3.77. The SMILES string of the molecule is COc1ccc(OC)c(C(C)(N)CN2CCCC2)c1. The minimum absolute atomic E-state index is 0.440. The predicted octanol–water partition coefficient (Wildman–Crippen LogP) is 1.97. The average Bonchev–Trinajstić information content (AvgIpc) is 2.90. The van der Waals surface area contributed by atoms with E-state index in [1.807, 2.05) is 18.2 Å². The molecule has 0 saturated carbocycles. The first-order valence-electron chi connectivity index (χ1n) is 6.80. The maximum Gasteiger partial charge on any atom is 0.124 e. The van der Waals surface area contributed by atoms with Gasteiger partial charge in [-0.25, -0.2) is 0 Å². The van der Waals surface area contributed by atoms with Crippen LogP contribution < -0.4 is 15.2 Å². The summed E-state index contributed by atoms with van der Waals surface area (Å²) in [6.07, 6.45) is 2.54. The van der Waals surface area contributed by atoms with Crippen LogP contribution >= 0.6 is 0 Å². The van der Waals surface area contributed by atoms with Crippen LogP contribution in [-0.2, 0) is 5.54 Å². The highest BCUT2D eigenvalue weighted by Gasteiger charge is 2.29. The molecule has 1 fully saturated rings. The van der Waals surface area contributed by atoms with Crippen molar-refractivity contribution in [2.24, 2.45) is 5.73 Å². The summed E-state index contributed by atoms with van der Waals surface area (Å²) < 4.78 is 10.7. The number of benzene rings is 1. The molecule has 1 heterocycles. The van der Waals surface area contributed by atoms with Gasteiger partial charge in [0.05, 0.1) is 19.8 Å². The van der Waals surface area contributed by atoms with Gasteiger partial charge in [-0.2, -0.15) is 0 Å². The molecule has 2 N–H and O–H groups in total. The molecule has 106 valence electrons. The molecule has 1 atom stereocenters. The van der Waals surface area contributed by atoms with Gasteiger partial charge < -0.3 is 20.1 Å². The molecule has 1 unspecified atom stereocenters. The van der Waals surface area contributed by atoms with E-state index in [9.17, 15) is 0 Å². The Labute approximate surface area is 115 Å². The Bertz CT molecular complexity index is 426. The molecule has 0 spiro atoms. The molecular formula is C15H24N2O2. The molecule has 1 aromatic carbocycles. The zero-order chi connectivity index (χ0) is 13.9. The number of methoxy groups -OCH3 is 2. The molecule has 2 rings (SSSR count). The van der Waals surface area contributed by atoms with Crippen molar-refractivity contribution in [3.05, 3.63) is 23.8 Å². The smallest absolute Gasteiger partial charge is 0.124 e. The number of ether oxygens (including phenoxy) is 2. The molecule has 0 radical (unpaired) electrons. The number of hydrogen-bond donors (Lipinski definition) is 1. The number of hydrogen-bond acceptors (Lipinski definition) is 4.